The van der Waals surface area contributed by atoms with Gasteiger partial charge < -0.3 is 20.6 Å². The number of carbonyl (C=O) groups excluding carboxylic acids is 1. The summed E-state index contributed by atoms with van der Waals surface area (Å²) in [5, 5.41) is 31.2. The average molecular weight is 717 g/mol. The molecule has 6 rings (SSSR count). The lowest BCUT2D eigenvalue weighted by molar-refractivity contribution is -0.225. The topological polar surface area (TPSA) is 144 Å². The van der Waals surface area contributed by atoms with Gasteiger partial charge in [-0.2, -0.15) is 0 Å². The van der Waals surface area contributed by atoms with Gasteiger partial charge in [0, 0.05) is 13.1 Å². The van der Waals surface area contributed by atoms with Crippen LogP contribution in [0.5, 0.6) is 0 Å². The molecule has 5 aliphatic carbocycles. The number of amides is 1. The van der Waals surface area contributed by atoms with Crippen LogP contribution in [0.4, 0.5) is 0 Å². The summed E-state index contributed by atoms with van der Waals surface area (Å²) >= 11 is 0. The third-order valence-electron chi connectivity index (χ3n) is 16.0. The Morgan fingerprint density at radius 1 is 0.827 bits per heavy atom. The second kappa shape index (κ2) is 13.4. The van der Waals surface area contributed by atoms with Crippen molar-refractivity contribution in [2.45, 2.75) is 99.3 Å². The Morgan fingerprint density at radius 2 is 1.48 bits per heavy atom. The first-order chi connectivity index (χ1) is 24.3. The summed E-state index contributed by atoms with van der Waals surface area (Å²) in [5.74, 6) is -1.20. The zero-order valence-corrected chi connectivity index (χ0v) is 32.1. The Bertz CT molecular complexity index is 1650. The van der Waals surface area contributed by atoms with Crippen LogP contribution in [0.2, 0.25) is 0 Å². The van der Waals surface area contributed by atoms with Crippen molar-refractivity contribution in [2.24, 2.45) is 56.7 Å². The number of aromatic carboxylic acids is 1. The van der Waals surface area contributed by atoms with Gasteiger partial charge in [0.15, 0.2) is 0 Å². The monoisotopic (exact) mass is 716 g/mol. The van der Waals surface area contributed by atoms with Gasteiger partial charge in [-0.25, -0.2) is 4.79 Å². The molecule has 0 saturated heterocycles. The fraction of sp³-hybridized carbons (Fsp3) is 0.674. The second-order valence-electron chi connectivity index (χ2n) is 18.5. The summed E-state index contributed by atoms with van der Waals surface area (Å²) in [4.78, 5) is 50.0. The highest BCUT2D eigenvalue weighted by Gasteiger charge is 2.71. The lowest BCUT2D eigenvalue weighted by Gasteiger charge is -2.72. The van der Waals surface area contributed by atoms with Crippen LogP contribution < -0.4 is 5.32 Å². The molecule has 284 valence electrons. The van der Waals surface area contributed by atoms with Gasteiger partial charge in [-0.3, -0.25) is 19.3 Å². The van der Waals surface area contributed by atoms with Gasteiger partial charge in [0.1, 0.15) is 0 Å². The number of carbonyl (C=O) groups is 4. The molecule has 0 heterocycles. The first kappa shape index (κ1) is 38.3. The van der Waals surface area contributed by atoms with E-state index in [4.69, 9.17) is 0 Å². The smallest absolute Gasteiger partial charge is 0.335 e. The fourth-order valence-electron chi connectivity index (χ4n) is 13.5. The number of carboxylic acids is 3. The molecule has 0 aliphatic heterocycles. The van der Waals surface area contributed by atoms with Crippen LogP contribution in [-0.2, 0) is 14.4 Å². The quantitative estimate of drug-likeness (QED) is 0.171. The first-order valence-corrected chi connectivity index (χ1v) is 19.5. The minimum atomic E-state index is -1.09. The number of allylic oxidation sites excluding steroid dienone is 3. The maximum atomic E-state index is 14.4. The maximum absolute atomic E-state index is 14.4. The van der Waals surface area contributed by atoms with E-state index in [1.165, 1.54) is 10.5 Å². The minimum Gasteiger partial charge on any atom is -0.480 e. The van der Waals surface area contributed by atoms with Crippen molar-refractivity contribution in [1.29, 1.82) is 0 Å². The SMILES string of the molecule is C=C(C)[C@@H]1CC[C@]2(C(=O)NCCN(CC(=O)O)CC(=O)O)CC[C@]3(C)[C@H](CC[C@@H]4[C@@]5(C)CC=C(c6ccc(C(=O)O)cc6)C(C)(C)[C@@H]5CC[C@]43C)[C@@H]12. The van der Waals surface area contributed by atoms with Gasteiger partial charge in [-0.1, -0.05) is 65.0 Å². The molecule has 1 aromatic rings. The zero-order chi connectivity index (χ0) is 38.0. The fourth-order valence-corrected chi connectivity index (χ4v) is 13.5. The van der Waals surface area contributed by atoms with Crippen molar-refractivity contribution in [3.8, 4) is 0 Å². The number of fused-ring (bicyclic) bond motifs is 7. The number of nitrogens with zero attached hydrogens (tertiary/aromatic N) is 1. The van der Waals surface area contributed by atoms with Crippen LogP contribution in [0, 0.1) is 56.7 Å². The molecule has 9 heteroatoms. The minimum absolute atomic E-state index is 0.0416. The van der Waals surface area contributed by atoms with Crippen LogP contribution >= 0.6 is 0 Å². The molecular weight excluding hydrogens is 656 g/mol. The molecule has 1 aromatic carbocycles. The maximum Gasteiger partial charge on any atom is 0.335 e. The van der Waals surface area contributed by atoms with E-state index in [2.05, 4.69) is 59.5 Å². The number of hydrogen-bond acceptors (Lipinski definition) is 5. The number of rotatable bonds is 11. The lowest BCUT2D eigenvalue weighted by atomic mass is 9.32. The van der Waals surface area contributed by atoms with Crippen molar-refractivity contribution < 1.29 is 34.5 Å². The van der Waals surface area contributed by atoms with E-state index >= 15 is 0 Å². The second-order valence-corrected chi connectivity index (χ2v) is 18.5. The average Bonchev–Trinajstić information content (AvgIpc) is 3.46. The molecule has 5 aliphatic rings. The molecule has 9 nitrogen and oxygen atoms in total. The Morgan fingerprint density at radius 3 is 2.08 bits per heavy atom. The number of benzene rings is 1. The van der Waals surface area contributed by atoms with Crippen LogP contribution in [0.15, 0.2) is 42.5 Å². The largest absolute Gasteiger partial charge is 0.480 e. The third kappa shape index (κ3) is 5.93. The van der Waals surface area contributed by atoms with E-state index in [9.17, 15) is 34.5 Å². The highest BCUT2D eigenvalue weighted by atomic mass is 16.4. The van der Waals surface area contributed by atoms with E-state index in [1.807, 2.05) is 12.1 Å². The van der Waals surface area contributed by atoms with Gasteiger partial charge in [0.2, 0.25) is 5.91 Å². The van der Waals surface area contributed by atoms with Crippen LogP contribution in [0.3, 0.4) is 0 Å². The summed E-state index contributed by atoms with van der Waals surface area (Å²) < 4.78 is 0. The summed E-state index contributed by atoms with van der Waals surface area (Å²) in [6, 6.07) is 7.40. The standard InChI is InChI=1S/C43H60N2O7/c1-26(2)29-14-19-43(38(52)44-22-23-45(24-34(46)47)25-35(48)49)21-20-41(6)31(36(29)43)12-13-33-40(5)17-15-30(27-8-10-28(11-9-27)37(50)51)39(3,4)32(40)16-18-42(33,41)7/h8-11,15,29,31-33,36H,1,12-14,16-25H2,2-7H3,(H,44,52)(H,46,47)(H,48,49)(H,50,51)/t29-,31+,32-,33+,36+,40-,41+,42+,43-/m0/s1. The highest BCUT2D eigenvalue weighted by Crippen LogP contribution is 2.77. The third-order valence-corrected chi connectivity index (χ3v) is 16.0. The molecule has 4 saturated carbocycles. The molecule has 0 spiro atoms. The summed E-state index contributed by atoms with van der Waals surface area (Å²) in [6.45, 7) is 18.7. The van der Waals surface area contributed by atoms with Crippen molar-refractivity contribution in [2.75, 3.05) is 26.2 Å². The van der Waals surface area contributed by atoms with Crippen LogP contribution in [0.1, 0.15) is 115 Å². The molecule has 4 N–H and O–H groups in total. The zero-order valence-electron chi connectivity index (χ0n) is 32.1. The van der Waals surface area contributed by atoms with Gasteiger partial charge in [0.25, 0.3) is 0 Å². The highest BCUT2D eigenvalue weighted by molar-refractivity contribution is 5.88. The van der Waals surface area contributed by atoms with E-state index in [-0.39, 0.29) is 65.6 Å². The normalized spacial score (nSPS) is 37.4. The first-order valence-electron chi connectivity index (χ1n) is 19.5. The van der Waals surface area contributed by atoms with Crippen molar-refractivity contribution >= 4 is 29.4 Å². The molecule has 0 unspecified atom stereocenters. The Balaban J connectivity index is 1.27. The molecule has 9 atom stereocenters. The summed E-state index contributed by atoms with van der Waals surface area (Å²) in [7, 11) is 0. The molecule has 4 fully saturated rings. The van der Waals surface area contributed by atoms with E-state index < -0.39 is 23.3 Å². The molecule has 52 heavy (non-hydrogen) atoms. The predicted molar refractivity (Wildman–Crippen MR) is 200 cm³/mol. The number of carboxylic acid groups (broad SMARTS) is 3. The Hall–Kier alpha value is -3.46. The van der Waals surface area contributed by atoms with E-state index in [1.54, 1.807) is 12.1 Å². The number of nitrogens with one attached hydrogen (secondary N) is 1. The Kier molecular flexibility index (Phi) is 9.89. The number of aliphatic carboxylic acids is 2. The lowest BCUT2D eigenvalue weighted by Crippen LogP contribution is -2.66. The molecule has 0 bridgehead atoms. The molecular formula is C43H60N2O7. The molecule has 0 aromatic heterocycles. The van der Waals surface area contributed by atoms with Gasteiger partial charge >= 0.3 is 17.9 Å². The van der Waals surface area contributed by atoms with Crippen LogP contribution in [-0.4, -0.2) is 70.2 Å². The van der Waals surface area contributed by atoms with Crippen molar-refractivity contribution in [1.82, 2.24) is 10.2 Å². The predicted octanol–water partition coefficient (Wildman–Crippen LogP) is 7.62. The van der Waals surface area contributed by atoms with Crippen molar-refractivity contribution in [3.05, 3.63) is 53.6 Å². The van der Waals surface area contributed by atoms with Gasteiger partial charge in [-0.05, 0) is 139 Å². The Labute approximate surface area is 309 Å². The molecule has 0 radical (unpaired) electrons. The summed E-state index contributed by atoms with van der Waals surface area (Å²) in [6.07, 6.45) is 11.5. The van der Waals surface area contributed by atoms with Crippen molar-refractivity contribution in [3.63, 3.8) is 0 Å². The van der Waals surface area contributed by atoms with E-state index in [0.29, 0.717) is 23.3 Å². The van der Waals surface area contributed by atoms with Gasteiger partial charge in [-0.15, -0.1) is 0 Å². The van der Waals surface area contributed by atoms with Crippen LogP contribution in [0.25, 0.3) is 5.57 Å². The molecule has 1 amide bonds. The summed E-state index contributed by atoms with van der Waals surface area (Å²) in [5.41, 5.74) is 3.60. The van der Waals surface area contributed by atoms with Gasteiger partial charge in [0.05, 0.1) is 24.1 Å². The van der Waals surface area contributed by atoms with E-state index in [0.717, 1.165) is 68.9 Å². The number of hydrogen-bond donors (Lipinski definition) is 4.